The number of nitrogens with one attached hydrogen (secondary N) is 1. The van der Waals surface area contributed by atoms with Crippen LogP contribution in [0.1, 0.15) is 12.0 Å². The lowest BCUT2D eigenvalue weighted by Gasteiger charge is -2.08. The number of nitrogens with two attached hydrogens (primary N) is 2. The van der Waals surface area contributed by atoms with Gasteiger partial charge in [-0.15, -0.1) is 0 Å². The highest BCUT2D eigenvalue weighted by molar-refractivity contribution is 6.39. The molecule has 1 aromatic heterocycles. The fourth-order valence-corrected chi connectivity index (χ4v) is 2.09. The van der Waals surface area contributed by atoms with Crippen molar-refractivity contribution >= 4 is 22.5 Å². The van der Waals surface area contributed by atoms with Gasteiger partial charge in [-0.2, -0.15) is 0 Å². The molecule has 0 spiro atoms. The molecule has 2 aromatic rings. The van der Waals surface area contributed by atoms with Gasteiger partial charge < -0.3 is 16.5 Å². The van der Waals surface area contributed by atoms with E-state index in [0.29, 0.717) is 6.42 Å². The number of hydrogen-bond acceptors (Lipinski definition) is 4. The van der Waals surface area contributed by atoms with Gasteiger partial charge in [0.1, 0.15) is 0 Å². The normalized spacial score (nSPS) is 12.5. The van der Waals surface area contributed by atoms with Crippen LogP contribution >= 0.6 is 0 Å². The molecule has 0 saturated carbocycles. The number of benzene rings is 1. The van der Waals surface area contributed by atoms with Crippen LogP contribution in [-0.2, 0) is 16.0 Å². The van der Waals surface area contributed by atoms with Crippen molar-refractivity contribution < 1.29 is 9.59 Å². The van der Waals surface area contributed by atoms with Crippen molar-refractivity contribution in [3.05, 3.63) is 36.0 Å². The molecule has 100 valence electrons. The summed E-state index contributed by atoms with van der Waals surface area (Å²) in [6.45, 7) is 0.171. The third-order valence-corrected chi connectivity index (χ3v) is 3.10. The molecule has 5 N–H and O–H groups in total. The number of aromatic nitrogens is 1. The minimum atomic E-state index is -0.807. The molecule has 2 rings (SSSR count). The Morgan fingerprint density at radius 1 is 1.26 bits per heavy atom. The first-order valence-corrected chi connectivity index (χ1v) is 6.21. The number of hydrogen-bond donors (Lipinski definition) is 3. The van der Waals surface area contributed by atoms with Gasteiger partial charge in [0.15, 0.2) is 0 Å². The summed E-state index contributed by atoms with van der Waals surface area (Å²) in [6, 6.07) is 6.95. The van der Waals surface area contributed by atoms with Gasteiger partial charge in [0.05, 0.1) is 6.04 Å². The van der Waals surface area contributed by atoms with Gasteiger partial charge in [-0.25, -0.2) is 0 Å². The Balaban J connectivity index is 2.12. The Morgan fingerprint density at radius 2 is 2.00 bits per heavy atom. The summed E-state index contributed by atoms with van der Waals surface area (Å²) in [6.07, 6.45) is 2.23. The first-order valence-electron chi connectivity index (χ1n) is 6.21. The molecule has 0 aliphatic heterocycles. The predicted octanol–water partition coefficient (Wildman–Crippen LogP) is 0.525. The van der Waals surface area contributed by atoms with Gasteiger partial charge >= 0.3 is 0 Å². The summed E-state index contributed by atoms with van der Waals surface area (Å²) in [5.41, 5.74) is 13.0. The maximum atomic E-state index is 11.8. The van der Waals surface area contributed by atoms with Crippen molar-refractivity contribution in [3.63, 3.8) is 0 Å². The number of fused-ring (bicyclic) bond motifs is 1. The van der Waals surface area contributed by atoms with Gasteiger partial charge in [0.25, 0.3) is 0 Å². The molecule has 1 aromatic carbocycles. The third-order valence-electron chi connectivity index (χ3n) is 3.10. The van der Waals surface area contributed by atoms with E-state index in [4.69, 9.17) is 11.5 Å². The SMILES string of the molecule is NCCC(=O)C(=O)[C@@H](N)Cc1c[nH]c2ccccc12. The van der Waals surface area contributed by atoms with Crippen LogP contribution in [0.5, 0.6) is 0 Å². The fraction of sp³-hybridized carbons (Fsp3) is 0.286. The zero-order valence-corrected chi connectivity index (χ0v) is 10.6. The molecule has 0 radical (unpaired) electrons. The molecule has 0 saturated heterocycles. The second-order valence-electron chi connectivity index (χ2n) is 4.50. The Labute approximate surface area is 111 Å². The van der Waals surface area contributed by atoms with Crippen molar-refractivity contribution in [1.29, 1.82) is 0 Å². The van der Waals surface area contributed by atoms with E-state index in [1.807, 2.05) is 30.5 Å². The first-order chi connectivity index (χ1) is 9.13. The molecule has 0 aliphatic rings. The molecular formula is C14H17N3O2. The van der Waals surface area contributed by atoms with Gasteiger partial charge in [0.2, 0.25) is 11.6 Å². The molecule has 0 unspecified atom stereocenters. The van der Waals surface area contributed by atoms with Crippen molar-refractivity contribution in [2.75, 3.05) is 6.54 Å². The van der Waals surface area contributed by atoms with E-state index in [-0.39, 0.29) is 13.0 Å². The van der Waals surface area contributed by atoms with E-state index in [9.17, 15) is 9.59 Å². The number of para-hydroxylation sites is 1. The molecule has 1 heterocycles. The average molecular weight is 259 g/mol. The second kappa shape index (κ2) is 5.77. The van der Waals surface area contributed by atoms with Crippen LogP contribution in [0.15, 0.2) is 30.5 Å². The Morgan fingerprint density at radius 3 is 2.74 bits per heavy atom. The monoisotopic (exact) mass is 259 g/mol. The highest BCUT2D eigenvalue weighted by Gasteiger charge is 2.22. The zero-order chi connectivity index (χ0) is 13.8. The Kier molecular flexibility index (Phi) is 4.09. The number of rotatable bonds is 6. The topological polar surface area (TPSA) is 102 Å². The average Bonchev–Trinajstić information content (AvgIpc) is 2.81. The quantitative estimate of drug-likeness (QED) is 0.658. The van der Waals surface area contributed by atoms with E-state index in [1.54, 1.807) is 0 Å². The summed E-state index contributed by atoms with van der Waals surface area (Å²) in [5.74, 6) is -1.04. The minimum absolute atomic E-state index is 0.0560. The minimum Gasteiger partial charge on any atom is -0.361 e. The molecule has 0 bridgehead atoms. The van der Waals surface area contributed by atoms with Crippen LogP contribution in [0.2, 0.25) is 0 Å². The number of carbonyl (C=O) groups is 2. The van der Waals surface area contributed by atoms with Crippen molar-refractivity contribution in [3.8, 4) is 0 Å². The zero-order valence-electron chi connectivity index (χ0n) is 10.6. The van der Waals surface area contributed by atoms with Crippen LogP contribution in [0.4, 0.5) is 0 Å². The van der Waals surface area contributed by atoms with Gasteiger partial charge in [-0.3, -0.25) is 9.59 Å². The molecule has 5 nitrogen and oxygen atoms in total. The lowest BCUT2D eigenvalue weighted by atomic mass is 9.99. The van der Waals surface area contributed by atoms with Gasteiger partial charge in [0, 0.05) is 23.5 Å². The molecule has 0 amide bonds. The first kappa shape index (κ1) is 13.5. The largest absolute Gasteiger partial charge is 0.361 e. The van der Waals surface area contributed by atoms with E-state index in [0.717, 1.165) is 16.5 Å². The number of aromatic amines is 1. The number of H-pyrrole nitrogens is 1. The van der Waals surface area contributed by atoms with Crippen LogP contribution in [-0.4, -0.2) is 29.1 Å². The summed E-state index contributed by atoms with van der Waals surface area (Å²) in [5, 5.41) is 1.03. The Hall–Kier alpha value is -1.98. The summed E-state index contributed by atoms with van der Waals surface area (Å²) in [4.78, 5) is 26.3. The molecule has 5 heteroatoms. The molecular weight excluding hydrogens is 242 g/mol. The molecule has 1 atom stereocenters. The highest BCUT2D eigenvalue weighted by atomic mass is 16.2. The third kappa shape index (κ3) is 2.89. The molecule has 19 heavy (non-hydrogen) atoms. The van der Waals surface area contributed by atoms with Crippen molar-refractivity contribution in [2.45, 2.75) is 18.9 Å². The maximum Gasteiger partial charge on any atom is 0.215 e. The summed E-state index contributed by atoms with van der Waals surface area (Å²) < 4.78 is 0. The smallest absolute Gasteiger partial charge is 0.215 e. The van der Waals surface area contributed by atoms with E-state index >= 15 is 0 Å². The van der Waals surface area contributed by atoms with Crippen LogP contribution in [0.25, 0.3) is 10.9 Å². The number of carbonyl (C=O) groups excluding carboxylic acids is 2. The Bertz CT molecular complexity index is 604. The van der Waals surface area contributed by atoms with Gasteiger partial charge in [-0.1, -0.05) is 18.2 Å². The van der Waals surface area contributed by atoms with Crippen molar-refractivity contribution in [2.24, 2.45) is 11.5 Å². The summed E-state index contributed by atoms with van der Waals surface area (Å²) in [7, 11) is 0. The van der Waals surface area contributed by atoms with Gasteiger partial charge in [-0.05, 0) is 24.6 Å². The standard InChI is InChI=1S/C14H17N3O2/c15-6-5-13(18)14(19)11(16)7-9-8-17-12-4-2-1-3-10(9)12/h1-4,8,11,17H,5-7,15-16H2/t11-/m0/s1. The van der Waals surface area contributed by atoms with Crippen LogP contribution in [0, 0.1) is 0 Å². The van der Waals surface area contributed by atoms with Crippen LogP contribution < -0.4 is 11.5 Å². The second-order valence-corrected chi connectivity index (χ2v) is 4.50. The van der Waals surface area contributed by atoms with E-state index in [1.165, 1.54) is 0 Å². The fourth-order valence-electron chi connectivity index (χ4n) is 2.09. The summed E-state index contributed by atoms with van der Waals surface area (Å²) >= 11 is 0. The lowest BCUT2D eigenvalue weighted by Crippen LogP contribution is -2.38. The van der Waals surface area contributed by atoms with Crippen LogP contribution in [0.3, 0.4) is 0 Å². The lowest BCUT2D eigenvalue weighted by molar-refractivity contribution is -0.137. The molecule has 0 aliphatic carbocycles. The van der Waals surface area contributed by atoms with Crippen molar-refractivity contribution in [1.82, 2.24) is 4.98 Å². The molecule has 0 fully saturated rings. The van der Waals surface area contributed by atoms with E-state index in [2.05, 4.69) is 4.98 Å². The maximum absolute atomic E-state index is 11.8. The highest BCUT2D eigenvalue weighted by Crippen LogP contribution is 2.18. The number of ketones is 2. The van der Waals surface area contributed by atoms with E-state index < -0.39 is 17.6 Å². The number of Topliss-reactive ketones (excluding diaryl/α,β-unsaturated/α-hetero) is 2. The predicted molar refractivity (Wildman–Crippen MR) is 73.7 cm³/mol.